The Kier molecular flexibility index (Phi) is 5.88. The smallest absolute Gasteiger partial charge is 0.409 e. The van der Waals surface area contributed by atoms with Gasteiger partial charge >= 0.3 is 6.09 Å². The molecule has 1 heterocycles. The zero-order valence-corrected chi connectivity index (χ0v) is 13.3. The number of carbonyl (C=O) groups excluding carboxylic acids is 2. The van der Waals surface area contributed by atoms with E-state index in [-0.39, 0.29) is 17.9 Å². The molecule has 21 heavy (non-hydrogen) atoms. The molecule has 0 N–H and O–H groups in total. The first kappa shape index (κ1) is 16.1. The lowest BCUT2D eigenvalue weighted by molar-refractivity contribution is -0.139. The van der Waals surface area contributed by atoms with Crippen molar-refractivity contribution in [3.63, 3.8) is 0 Å². The van der Waals surface area contributed by atoms with Crippen LogP contribution in [0.3, 0.4) is 0 Å². The highest BCUT2D eigenvalue weighted by molar-refractivity contribution is 5.80. The van der Waals surface area contributed by atoms with Crippen molar-refractivity contribution in [2.45, 2.75) is 58.4 Å². The summed E-state index contributed by atoms with van der Waals surface area (Å²) in [6.45, 7) is 6.25. The lowest BCUT2D eigenvalue weighted by Gasteiger charge is -2.36. The Hall–Kier alpha value is -1.26. The average molecular weight is 296 g/mol. The van der Waals surface area contributed by atoms with E-state index < -0.39 is 0 Å². The predicted octanol–water partition coefficient (Wildman–Crippen LogP) is 2.65. The van der Waals surface area contributed by atoms with Gasteiger partial charge in [-0.3, -0.25) is 4.79 Å². The lowest BCUT2D eigenvalue weighted by atomic mass is 9.96. The third-order valence-corrected chi connectivity index (χ3v) is 4.69. The maximum atomic E-state index is 12.8. The molecule has 0 aromatic heterocycles. The second-order valence-electron chi connectivity index (χ2n) is 6.05. The van der Waals surface area contributed by atoms with Crippen molar-refractivity contribution < 1.29 is 14.3 Å². The number of nitrogens with zero attached hydrogens (tertiary/aromatic N) is 2. The van der Waals surface area contributed by atoms with Gasteiger partial charge in [-0.05, 0) is 39.5 Å². The molecule has 1 saturated heterocycles. The van der Waals surface area contributed by atoms with Crippen molar-refractivity contribution in [2.75, 3.05) is 26.2 Å². The molecular weight excluding hydrogens is 268 g/mol. The molecule has 1 atom stereocenters. The number of amides is 2. The highest BCUT2D eigenvalue weighted by Crippen LogP contribution is 2.27. The van der Waals surface area contributed by atoms with Crippen molar-refractivity contribution in [2.24, 2.45) is 5.92 Å². The van der Waals surface area contributed by atoms with Crippen molar-refractivity contribution >= 4 is 12.0 Å². The Morgan fingerprint density at radius 2 is 1.86 bits per heavy atom. The second kappa shape index (κ2) is 7.66. The maximum Gasteiger partial charge on any atom is 0.409 e. The van der Waals surface area contributed by atoms with E-state index >= 15 is 0 Å². The van der Waals surface area contributed by atoms with E-state index in [1.165, 1.54) is 12.8 Å². The van der Waals surface area contributed by atoms with Crippen LogP contribution in [0.25, 0.3) is 0 Å². The molecule has 2 rings (SSSR count). The standard InChI is InChI=1S/C16H28N2O3/c1-3-18(14-9-5-6-10-14)15(19)13-8-7-11-17(12-13)16(20)21-4-2/h13-14H,3-12H2,1-2H3. The highest BCUT2D eigenvalue weighted by Gasteiger charge is 2.34. The Labute approximate surface area is 127 Å². The van der Waals surface area contributed by atoms with Gasteiger partial charge in [0.15, 0.2) is 0 Å². The zero-order chi connectivity index (χ0) is 15.2. The van der Waals surface area contributed by atoms with E-state index in [0.717, 1.165) is 32.2 Å². The van der Waals surface area contributed by atoms with Gasteiger partial charge in [0.25, 0.3) is 0 Å². The Bertz CT molecular complexity index is 367. The number of carbonyl (C=O) groups is 2. The molecule has 0 spiro atoms. The molecule has 2 amide bonds. The average Bonchev–Trinajstić information content (AvgIpc) is 3.02. The van der Waals surface area contributed by atoms with Gasteiger partial charge in [-0.1, -0.05) is 12.8 Å². The van der Waals surface area contributed by atoms with E-state index in [4.69, 9.17) is 4.74 Å². The molecule has 1 saturated carbocycles. The van der Waals surface area contributed by atoms with Crippen LogP contribution in [0, 0.1) is 5.92 Å². The second-order valence-corrected chi connectivity index (χ2v) is 6.05. The van der Waals surface area contributed by atoms with Gasteiger partial charge in [-0.15, -0.1) is 0 Å². The molecule has 0 radical (unpaired) electrons. The van der Waals surface area contributed by atoms with Gasteiger partial charge in [0.1, 0.15) is 0 Å². The van der Waals surface area contributed by atoms with Crippen LogP contribution < -0.4 is 0 Å². The number of rotatable bonds is 4. The Morgan fingerprint density at radius 3 is 2.48 bits per heavy atom. The number of piperidine rings is 1. The summed E-state index contributed by atoms with van der Waals surface area (Å²) < 4.78 is 5.06. The van der Waals surface area contributed by atoms with Crippen molar-refractivity contribution in [1.29, 1.82) is 0 Å². The summed E-state index contributed by atoms with van der Waals surface area (Å²) in [5, 5.41) is 0. The van der Waals surface area contributed by atoms with E-state index in [1.54, 1.807) is 4.90 Å². The highest BCUT2D eigenvalue weighted by atomic mass is 16.6. The number of likely N-dealkylation sites (tertiary alicyclic amines) is 1. The molecule has 1 aliphatic heterocycles. The fourth-order valence-electron chi connectivity index (χ4n) is 3.60. The minimum absolute atomic E-state index is 0.0521. The van der Waals surface area contributed by atoms with E-state index in [0.29, 0.717) is 25.7 Å². The largest absolute Gasteiger partial charge is 0.450 e. The molecule has 2 aliphatic rings. The number of ether oxygens (including phenoxy) is 1. The van der Waals surface area contributed by atoms with Crippen LogP contribution >= 0.6 is 0 Å². The van der Waals surface area contributed by atoms with Crippen LogP contribution in [0.2, 0.25) is 0 Å². The van der Waals surface area contributed by atoms with Gasteiger partial charge in [0, 0.05) is 25.7 Å². The summed E-state index contributed by atoms with van der Waals surface area (Å²) in [5.41, 5.74) is 0. The zero-order valence-electron chi connectivity index (χ0n) is 13.3. The lowest BCUT2D eigenvalue weighted by Crippen LogP contribution is -2.49. The summed E-state index contributed by atoms with van der Waals surface area (Å²) >= 11 is 0. The predicted molar refractivity (Wildman–Crippen MR) is 81.0 cm³/mol. The van der Waals surface area contributed by atoms with Crippen molar-refractivity contribution in [3.05, 3.63) is 0 Å². The van der Waals surface area contributed by atoms with Crippen molar-refractivity contribution in [3.8, 4) is 0 Å². The van der Waals surface area contributed by atoms with Crippen LogP contribution in [-0.2, 0) is 9.53 Å². The SMILES string of the molecule is CCOC(=O)N1CCCC(C(=O)N(CC)C2CCCC2)C1. The van der Waals surface area contributed by atoms with Gasteiger partial charge in [-0.2, -0.15) is 0 Å². The Morgan fingerprint density at radius 1 is 1.14 bits per heavy atom. The van der Waals surface area contributed by atoms with Crippen LogP contribution in [-0.4, -0.2) is 54.1 Å². The summed E-state index contributed by atoms with van der Waals surface area (Å²) in [6.07, 6.45) is 6.22. The third-order valence-electron chi connectivity index (χ3n) is 4.69. The number of hydrogen-bond donors (Lipinski definition) is 0. The fraction of sp³-hybridized carbons (Fsp3) is 0.875. The molecule has 1 unspecified atom stereocenters. The summed E-state index contributed by atoms with van der Waals surface area (Å²) in [6, 6.07) is 0.417. The van der Waals surface area contributed by atoms with Crippen LogP contribution in [0.15, 0.2) is 0 Å². The van der Waals surface area contributed by atoms with Gasteiger partial charge in [0.05, 0.1) is 12.5 Å². The van der Waals surface area contributed by atoms with E-state index in [1.807, 2.05) is 11.8 Å². The molecule has 0 aromatic carbocycles. The summed E-state index contributed by atoms with van der Waals surface area (Å²) in [7, 11) is 0. The molecule has 5 nitrogen and oxygen atoms in total. The summed E-state index contributed by atoms with van der Waals surface area (Å²) in [4.78, 5) is 28.4. The van der Waals surface area contributed by atoms with Crippen LogP contribution in [0.1, 0.15) is 52.4 Å². The van der Waals surface area contributed by atoms with Crippen molar-refractivity contribution in [1.82, 2.24) is 9.80 Å². The van der Waals surface area contributed by atoms with E-state index in [9.17, 15) is 9.59 Å². The molecule has 120 valence electrons. The topological polar surface area (TPSA) is 49.9 Å². The maximum absolute atomic E-state index is 12.8. The molecule has 2 fully saturated rings. The quantitative estimate of drug-likeness (QED) is 0.801. The van der Waals surface area contributed by atoms with Gasteiger partial charge in [-0.25, -0.2) is 4.79 Å². The summed E-state index contributed by atoms with van der Waals surface area (Å²) in [5.74, 6) is 0.183. The first-order valence-electron chi connectivity index (χ1n) is 8.39. The van der Waals surface area contributed by atoms with Crippen LogP contribution in [0.4, 0.5) is 4.79 Å². The fourth-order valence-corrected chi connectivity index (χ4v) is 3.60. The minimum Gasteiger partial charge on any atom is -0.450 e. The molecule has 5 heteroatoms. The monoisotopic (exact) mass is 296 g/mol. The van der Waals surface area contributed by atoms with Gasteiger partial charge < -0.3 is 14.5 Å². The first-order chi connectivity index (χ1) is 10.2. The van der Waals surface area contributed by atoms with Gasteiger partial charge in [0.2, 0.25) is 5.91 Å². The normalized spacial score (nSPS) is 23.1. The molecule has 1 aliphatic carbocycles. The molecule has 0 aromatic rings. The number of hydrogen-bond acceptors (Lipinski definition) is 3. The van der Waals surface area contributed by atoms with E-state index in [2.05, 4.69) is 6.92 Å². The molecule has 0 bridgehead atoms. The molecular formula is C16H28N2O3. The first-order valence-corrected chi connectivity index (χ1v) is 8.39. The Balaban J connectivity index is 1.95. The van der Waals surface area contributed by atoms with Crippen LogP contribution in [0.5, 0.6) is 0 Å². The minimum atomic E-state index is -0.279. The third kappa shape index (κ3) is 3.89.